The van der Waals surface area contributed by atoms with Crippen molar-refractivity contribution in [3.05, 3.63) is 78.4 Å². The molecule has 4 aromatic rings. The van der Waals surface area contributed by atoms with Crippen molar-refractivity contribution in [3.63, 3.8) is 0 Å². The number of nitrogens with one attached hydrogen (secondary N) is 1. The first kappa shape index (κ1) is 26.7. The van der Waals surface area contributed by atoms with Gasteiger partial charge in [-0.15, -0.1) is 0 Å². The zero-order valence-corrected chi connectivity index (χ0v) is 22.6. The number of hydrogen-bond acceptors (Lipinski definition) is 8. The molecule has 0 bridgehead atoms. The molecular formula is C27H23F3N4O4S2. The van der Waals surface area contributed by atoms with Gasteiger partial charge in [0.05, 0.1) is 29.5 Å². The number of thiazole rings is 1. The Bertz CT molecular complexity index is 1650. The van der Waals surface area contributed by atoms with Crippen molar-refractivity contribution in [1.29, 1.82) is 0 Å². The number of piperidine rings is 1. The van der Waals surface area contributed by atoms with Crippen molar-refractivity contribution >= 4 is 32.2 Å². The number of pyridine rings is 1. The molecule has 6 rings (SSSR count). The molecule has 2 fully saturated rings. The van der Waals surface area contributed by atoms with Gasteiger partial charge in [-0.1, -0.05) is 17.4 Å². The van der Waals surface area contributed by atoms with E-state index in [1.54, 1.807) is 24.5 Å². The van der Waals surface area contributed by atoms with Crippen LogP contribution in [0.1, 0.15) is 12.8 Å². The lowest BCUT2D eigenvalue weighted by Gasteiger charge is -2.37. The third kappa shape index (κ3) is 5.05. The SMILES string of the molecule is O=S(=O)(Nc1cccc(-c2nc(N3CCC4(CC3)OCCO4)sc2-c2ccncc2)c1F)c1cc(F)ccc1F. The van der Waals surface area contributed by atoms with E-state index in [1.165, 1.54) is 29.5 Å². The minimum atomic E-state index is -4.64. The molecule has 8 nitrogen and oxygen atoms in total. The van der Waals surface area contributed by atoms with Crippen LogP contribution in [0.25, 0.3) is 21.7 Å². The van der Waals surface area contributed by atoms with Crippen LogP contribution in [-0.2, 0) is 19.5 Å². The van der Waals surface area contributed by atoms with Crippen LogP contribution in [0.4, 0.5) is 24.0 Å². The highest BCUT2D eigenvalue weighted by Gasteiger charge is 2.40. The van der Waals surface area contributed by atoms with Gasteiger partial charge < -0.3 is 14.4 Å². The number of anilines is 2. The van der Waals surface area contributed by atoms with Gasteiger partial charge in [-0.2, -0.15) is 0 Å². The van der Waals surface area contributed by atoms with Crippen LogP contribution in [0.2, 0.25) is 0 Å². The van der Waals surface area contributed by atoms with E-state index in [2.05, 4.69) is 14.6 Å². The summed E-state index contributed by atoms with van der Waals surface area (Å²) in [5.74, 6) is -3.57. The normalized spacial score (nSPS) is 16.9. The van der Waals surface area contributed by atoms with Crippen molar-refractivity contribution in [3.8, 4) is 21.7 Å². The molecule has 0 saturated carbocycles. The first-order chi connectivity index (χ1) is 19.2. The Labute approximate surface area is 232 Å². The Hall–Kier alpha value is -3.52. The molecule has 0 aliphatic carbocycles. The van der Waals surface area contributed by atoms with E-state index in [1.807, 2.05) is 0 Å². The van der Waals surface area contributed by atoms with Gasteiger partial charge in [0.15, 0.2) is 16.7 Å². The minimum absolute atomic E-state index is 0.0464. The van der Waals surface area contributed by atoms with Crippen molar-refractivity contribution in [2.24, 2.45) is 0 Å². The highest BCUT2D eigenvalue weighted by Crippen LogP contribution is 2.43. The van der Waals surface area contributed by atoms with Crippen LogP contribution < -0.4 is 9.62 Å². The third-order valence-corrected chi connectivity index (χ3v) is 9.39. The fraction of sp³-hybridized carbons (Fsp3) is 0.259. The van der Waals surface area contributed by atoms with Crippen molar-refractivity contribution < 1.29 is 31.1 Å². The van der Waals surface area contributed by atoms with Crippen molar-refractivity contribution in [1.82, 2.24) is 9.97 Å². The Morgan fingerprint density at radius 2 is 1.70 bits per heavy atom. The van der Waals surface area contributed by atoms with E-state index in [-0.39, 0.29) is 5.56 Å². The first-order valence-electron chi connectivity index (χ1n) is 12.5. The number of sulfonamides is 1. The van der Waals surface area contributed by atoms with Crippen LogP contribution in [-0.4, -0.2) is 50.5 Å². The first-order valence-corrected chi connectivity index (χ1v) is 14.8. The zero-order chi connectivity index (χ0) is 27.9. The minimum Gasteiger partial charge on any atom is -0.348 e. The maximum absolute atomic E-state index is 15.9. The van der Waals surface area contributed by atoms with E-state index in [0.29, 0.717) is 67.0 Å². The van der Waals surface area contributed by atoms with Gasteiger partial charge in [-0.25, -0.2) is 26.6 Å². The average molecular weight is 589 g/mol. The molecule has 0 amide bonds. The lowest BCUT2D eigenvalue weighted by atomic mass is 10.0. The summed E-state index contributed by atoms with van der Waals surface area (Å²) in [5, 5.41) is 0.668. The Balaban J connectivity index is 1.37. The highest BCUT2D eigenvalue weighted by atomic mass is 32.2. The van der Waals surface area contributed by atoms with Gasteiger partial charge in [-0.3, -0.25) is 9.71 Å². The molecule has 2 aromatic carbocycles. The highest BCUT2D eigenvalue weighted by molar-refractivity contribution is 7.92. The van der Waals surface area contributed by atoms with E-state index in [9.17, 15) is 17.2 Å². The summed E-state index contributed by atoms with van der Waals surface area (Å²) in [7, 11) is -4.64. The van der Waals surface area contributed by atoms with Gasteiger partial charge in [0.1, 0.15) is 16.5 Å². The molecule has 13 heteroatoms. The molecule has 2 saturated heterocycles. The van der Waals surface area contributed by atoms with Gasteiger partial charge in [0, 0.05) is 43.9 Å². The fourth-order valence-electron chi connectivity index (χ4n) is 4.83. The number of rotatable bonds is 6. The molecule has 1 spiro atoms. The van der Waals surface area contributed by atoms with Crippen LogP contribution in [0.5, 0.6) is 0 Å². The Morgan fingerprint density at radius 1 is 0.975 bits per heavy atom. The number of hydrogen-bond donors (Lipinski definition) is 1. The lowest BCUT2D eigenvalue weighted by Crippen LogP contribution is -2.45. The van der Waals surface area contributed by atoms with E-state index in [0.717, 1.165) is 11.6 Å². The number of aromatic nitrogens is 2. The number of nitrogens with zero attached hydrogens (tertiary/aromatic N) is 3. The number of ether oxygens (including phenoxy) is 2. The summed E-state index contributed by atoms with van der Waals surface area (Å²) in [5.41, 5.74) is 0.698. The smallest absolute Gasteiger partial charge is 0.265 e. The molecule has 208 valence electrons. The fourth-order valence-corrected chi connectivity index (χ4v) is 7.11. The van der Waals surface area contributed by atoms with Crippen LogP contribution >= 0.6 is 11.3 Å². The van der Waals surface area contributed by atoms with Gasteiger partial charge in [0.25, 0.3) is 10.0 Å². The Morgan fingerprint density at radius 3 is 2.42 bits per heavy atom. The van der Waals surface area contributed by atoms with Crippen molar-refractivity contribution in [2.75, 3.05) is 35.9 Å². The van der Waals surface area contributed by atoms with Gasteiger partial charge >= 0.3 is 0 Å². The maximum atomic E-state index is 15.9. The standard InChI is InChI=1S/C27H23F3N4O4S2/c28-18-4-5-20(29)22(16-18)40(35,36)33-21-3-1-2-19(23(21)30)24-25(17-6-10-31-11-7-17)39-26(32-24)34-12-8-27(9-13-34)37-14-15-38-27/h1-7,10-11,16,33H,8-9,12-15H2. The predicted molar refractivity (Wildman–Crippen MR) is 144 cm³/mol. The van der Waals surface area contributed by atoms with Crippen LogP contribution in [0.15, 0.2) is 65.8 Å². The summed E-state index contributed by atoms with van der Waals surface area (Å²) < 4.78 is 83.2. The topological polar surface area (TPSA) is 93.7 Å². The van der Waals surface area contributed by atoms with E-state index < -0.39 is 43.8 Å². The summed E-state index contributed by atoms with van der Waals surface area (Å²) in [4.78, 5) is 10.7. The Kier molecular flexibility index (Phi) is 6.98. The molecule has 0 atom stereocenters. The second-order valence-electron chi connectivity index (χ2n) is 9.35. The molecule has 1 N–H and O–H groups in total. The van der Waals surface area contributed by atoms with Crippen molar-refractivity contribution in [2.45, 2.75) is 23.5 Å². The number of halogens is 3. The maximum Gasteiger partial charge on any atom is 0.265 e. The summed E-state index contributed by atoms with van der Waals surface area (Å²) >= 11 is 1.38. The predicted octanol–water partition coefficient (Wildman–Crippen LogP) is 5.43. The van der Waals surface area contributed by atoms with Gasteiger partial charge in [0.2, 0.25) is 0 Å². The second-order valence-corrected chi connectivity index (χ2v) is 12.0. The summed E-state index contributed by atoms with van der Waals surface area (Å²) in [6, 6.07) is 9.76. The summed E-state index contributed by atoms with van der Waals surface area (Å²) in [6.45, 7) is 2.39. The average Bonchev–Trinajstić information content (AvgIpc) is 3.60. The zero-order valence-electron chi connectivity index (χ0n) is 20.9. The van der Waals surface area contributed by atoms with E-state index in [4.69, 9.17) is 14.5 Å². The molecule has 0 unspecified atom stereocenters. The summed E-state index contributed by atoms with van der Waals surface area (Å²) in [6.07, 6.45) is 4.56. The molecule has 40 heavy (non-hydrogen) atoms. The van der Waals surface area contributed by atoms with Crippen LogP contribution in [0.3, 0.4) is 0 Å². The molecular weight excluding hydrogens is 565 g/mol. The second kappa shape index (κ2) is 10.5. The lowest BCUT2D eigenvalue weighted by molar-refractivity contribution is -0.169. The molecule has 4 heterocycles. The molecule has 2 aromatic heterocycles. The molecule has 2 aliphatic rings. The third-order valence-electron chi connectivity index (χ3n) is 6.85. The van der Waals surface area contributed by atoms with E-state index >= 15 is 4.39 Å². The largest absolute Gasteiger partial charge is 0.348 e. The molecule has 0 radical (unpaired) electrons. The van der Waals surface area contributed by atoms with Crippen LogP contribution in [0, 0.1) is 17.5 Å². The quantitative estimate of drug-likeness (QED) is 0.321. The monoisotopic (exact) mass is 588 g/mol. The van der Waals surface area contributed by atoms with Gasteiger partial charge in [-0.05, 0) is 48.0 Å². The number of benzene rings is 2. The molecule has 2 aliphatic heterocycles.